The molecule has 0 N–H and O–H groups in total. The molecule has 2 atom stereocenters. The third-order valence-corrected chi connectivity index (χ3v) is 3.92. The number of hydrogen-bond donors (Lipinski definition) is 0. The molecule has 0 unspecified atom stereocenters. The standard InChI is InChI=1S/C17H20N4O/c1-2-12-22-16-6-11-21(17-19-7-3-8-20-17)15(16)13-14-4-9-18-10-5-14/h2-5,7-10,15-16H,1,6,11-13H2/t15-,16+/m0/s1. The summed E-state index contributed by atoms with van der Waals surface area (Å²) in [5.74, 6) is 0.770. The lowest BCUT2D eigenvalue weighted by Crippen LogP contribution is -2.39. The Hall–Kier alpha value is -2.27. The zero-order chi connectivity index (χ0) is 15.2. The van der Waals surface area contributed by atoms with Gasteiger partial charge >= 0.3 is 0 Å². The van der Waals surface area contributed by atoms with E-state index in [1.165, 1.54) is 5.56 Å². The largest absolute Gasteiger partial charge is 0.372 e. The second-order valence-corrected chi connectivity index (χ2v) is 5.32. The number of hydrogen-bond acceptors (Lipinski definition) is 5. The van der Waals surface area contributed by atoms with Gasteiger partial charge in [0.15, 0.2) is 0 Å². The van der Waals surface area contributed by atoms with E-state index in [-0.39, 0.29) is 12.1 Å². The summed E-state index contributed by atoms with van der Waals surface area (Å²) in [4.78, 5) is 15.1. The molecule has 0 radical (unpaired) electrons. The number of ether oxygens (including phenoxy) is 1. The average molecular weight is 296 g/mol. The summed E-state index contributed by atoms with van der Waals surface area (Å²) >= 11 is 0. The first-order chi connectivity index (χ1) is 10.9. The molecule has 114 valence electrons. The Kier molecular flexibility index (Phi) is 4.75. The molecule has 1 aliphatic heterocycles. The van der Waals surface area contributed by atoms with Crippen molar-refractivity contribution in [3.05, 3.63) is 61.2 Å². The van der Waals surface area contributed by atoms with Crippen LogP contribution in [0.25, 0.3) is 0 Å². The van der Waals surface area contributed by atoms with Crippen molar-refractivity contribution in [2.75, 3.05) is 18.1 Å². The van der Waals surface area contributed by atoms with Gasteiger partial charge in [0.2, 0.25) is 5.95 Å². The van der Waals surface area contributed by atoms with Crippen molar-refractivity contribution in [3.8, 4) is 0 Å². The lowest BCUT2D eigenvalue weighted by atomic mass is 10.0. The molecule has 1 fully saturated rings. The van der Waals surface area contributed by atoms with Crippen LogP contribution in [-0.2, 0) is 11.2 Å². The van der Waals surface area contributed by atoms with Gasteiger partial charge in [-0.05, 0) is 36.6 Å². The number of aromatic nitrogens is 3. The molecule has 0 aliphatic carbocycles. The van der Waals surface area contributed by atoms with Crippen LogP contribution in [0.1, 0.15) is 12.0 Å². The van der Waals surface area contributed by atoms with Gasteiger partial charge in [0, 0.05) is 31.3 Å². The number of anilines is 1. The van der Waals surface area contributed by atoms with Crippen LogP contribution in [0.15, 0.2) is 55.6 Å². The van der Waals surface area contributed by atoms with Crippen molar-refractivity contribution in [2.45, 2.75) is 25.0 Å². The Bertz CT molecular complexity index is 590. The van der Waals surface area contributed by atoms with Crippen LogP contribution in [0.4, 0.5) is 5.95 Å². The SMILES string of the molecule is C=CCO[C@@H]1CCN(c2ncccn2)[C@H]1Cc1ccncc1. The number of nitrogens with zero attached hydrogens (tertiary/aromatic N) is 4. The molecular formula is C17H20N4O. The lowest BCUT2D eigenvalue weighted by molar-refractivity contribution is 0.0680. The molecule has 0 saturated carbocycles. The minimum absolute atomic E-state index is 0.162. The van der Waals surface area contributed by atoms with Crippen molar-refractivity contribution in [1.82, 2.24) is 15.0 Å². The summed E-state index contributed by atoms with van der Waals surface area (Å²) in [7, 11) is 0. The molecule has 0 aromatic carbocycles. The first kappa shape index (κ1) is 14.7. The maximum absolute atomic E-state index is 5.96. The third kappa shape index (κ3) is 3.31. The van der Waals surface area contributed by atoms with Crippen LogP contribution in [0.2, 0.25) is 0 Å². The molecule has 2 aromatic rings. The molecule has 0 spiro atoms. The second-order valence-electron chi connectivity index (χ2n) is 5.32. The molecule has 0 amide bonds. The number of rotatable bonds is 6. The van der Waals surface area contributed by atoms with Crippen molar-refractivity contribution in [2.24, 2.45) is 0 Å². The average Bonchev–Trinajstić information content (AvgIpc) is 2.97. The maximum atomic E-state index is 5.96. The van der Waals surface area contributed by atoms with Crippen molar-refractivity contribution in [3.63, 3.8) is 0 Å². The van der Waals surface area contributed by atoms with E-state index >= 15 is 0 Å². The Morgan fingerprint density at radius 1 is 1.23 bits per heavy atom. The fourth-order valence-electron chi connectivity index (χ4n) is 2.90. The van der Waals surface area contributed by atoms with Gasteiger partial charge < -0.3 is 9.64 Å². The molecule has 0 bridgehead atoms. The van der Waals surface area contributed by atoms with E-state index in [1.54, 1.807) is 18.5 Å². The van der Waals surface area contributed by atoms with Gasteiger partial charge in [0.1, 0.15) is 0 Å². The van der Waals surface area contributed by atoms with Crippen molar-refractivity contribution in [1.29, 1.82) is 0 Å². The highest BCUT2D eigenvalue weighted by Crippen LogP contribution is 2.27. The van der Waals surface area contributed by atoms with Crippen LogP contribution in [0.5, 0.6) is 0 Å². The molecule has 3 rings (SSSR count). The van der Waals surface area contributed by atoms with Crippen LogP contribution >= 0.6 is 0 Å². The quantitative estimate of drug-likeness (QED) is 0.765. The van der Waals surface area contributed by atoms with E-state index in [0.29, 0.717) is 6.61 Å². The maximum Gasteiger partial charge on any atom is 0.225 e. The highest BCUT2D eigenvalue weighted by Gasteiger charge is 2.36. The molecule has 1 saturated heterocycles. The van der Waals surface area contributed by atoms with Gasteiger partial charge in [-0.3, -0.25) is 4.98 Å². The van der Waals surface area contributed by atoms with E-state index in [9.17, 15) is 0 Å². The smallest absolute Gasteiger partial charge is 0.225 e. The highest BCUT2D eigenvalue weighted by atomic mass is 16.5. The third-order valence-electron chi connectivity index (χ3n) is 3.92. The van der Waals surface area contributed by atoms with Gasteiger partial charge in [0.05, 0.1) is 18.8 Å². The molecule has 2 aromatic heterocycles. The number of pyridine rings is 1. The summed E-state index contributed by atoms with van der Waals surface area (Å²) < 4.78 is 5.96. The van der Waals surface area contributed by atoms with Gasteiger partial charge in [-0.2, -0.15) is 0 Å². The minimum Gasteiger partial charge on any atom is -0.372 e. The fourth-order valence-corrected chi connectivity index (χ4v) is 2.90. The summed E-state index contributed by atoms with van der Waals surface area (Å²) in [5.41, 5.74) is 1.25. The van der Waals surface area contributed by atoms with Crippen LogP contribution in [0, 0.1) is 0 Å². The predicted octanol–water partition coefficient (Wildman–Crippen LogP) is 2.26. The second kappa shape index (κ2) is 7.13. The van der Waals surface area contributed by atoms with E-state index in [4.69, 9.17) is 4.74 Å². The zero-order valence-corrected chi connectivity index (χ0v) is 12.5. The minimum atomic E-state index is 0.162. The first-order valence-electron chi connectivity index (χ1n) is 7.53. The Morgan fingerprint density at radius 3 is 2.73 bits per heavy atom. The van der Waals surface area contributed by atoms with Gasteiger partial charge in [-0.25, -0.2) is 9.97 Å². The highest BCUT2D eigenvalue weighted by molar-refractivity contribution is 5.35. The van der Waals surface area contributed by atoms with E-state index in [2.05, 4.69) is 26.4 Å². The van der Waals surface area contributed by atoms with Crippen LogP contribution < -0.4 is 4.90 Å². The predicted molar refractivity (Wildman–Crippen MR) is 85.7 cm³/mol. The molecular weight excluding hydrogens is 276 g/mol. The lowest BCUT2D eigenvalue weighted by Gasteiger charge is -2.28. The summed E-state index contributed by atoms with van der Waals surface area (Å²) in [6.07, 6.45) is 11.0. The molecule has 22 heavy (non-hydrogen) atoms. The molecule has 1 aliphatic rings. The summed E-state index contributed by atoms with van der Waals surface area (Å²) in [6, 6.07) is 6.16. The Labute approximate surface area is 130 Å². The normalized spacial score (nSPS) is 21.0. The Morgan fingerprint density at radius 2 is 2.00 bits per heavy atom. The fraction of sp³-hybridized carbons (Fsp3) is 0.353. The van der Waals surface area contributed by atoms with Crippen molar-refractivity contribution < 1.29 is 4.74 Å². The van der Waals surface area contributed by atoms with Gasteiger partial charge in [-0.15, -0.1) is 6.58 Å². The van der Waals surface area contributed by atoms with Crippen LogP contribution in [0.3, 0.4) is 0 Å². The van der Waals surface area contributed by atoms with E-state index in [1.807, 2.05) is 30.6 Å². The summed E-state index contributed by atoms with van der Waals surface area (Å²) in [6.45, 7) is 5.21. The molecule has 3 heterocycles. The van der Waals surface area contributed by atoms with Gasteiger partial charge in [0.25, 0.3) is 0 Å². The van der Waals surface area contributed by atoms with E-state index in [0.717, 1.165) is 25.3 Å². The van der Waals surface area contributed by atoms with Gasteiger partial charge in [-0.1, -0.05) is 6.08 Å². The summed E-state index contributed by atoms with van der Waals surface area (Å²) in [5, 5.41) is 0. The zero-order valence-electron chi connectivity index (χ0n) is 12.5. The van der Waals surface area contributed by atoms with E-state index < -0.39 is 0 Å². The molecule has 5 heteroatoms. The monoisotopic (exact) mass is 296 g/mol. The first-order valence-corrected chi connectivity index (χ1v) is 7.53. The van der Waals surface area contributed by atoms with Crippen LogP contribution in [-0.4, -0.2) is 40.2 Å². The Balaban J connectivity index is 1.81. The topological polar surface area (TPSA) is 51.1 Å². The van der Waals surface area contributed by atoms with Crippen molar-refractivity contribution >= 4 is 5.95 Å². The molecule has 5 nitrogen and oxygen atoms in total.